The summed E-state index contributed by atoms with van der Waals surface area (Å²) in [4.78, 5) is 23.3. The monoisotopic (exact) mass is 435 g/mol. The van der Waals surface area contributed by atoms with Gasteiger partial charge in [0.1, 0.15) is 17.9 Å². The minimum Gasteiger partial charge on any atom is -0.324 e. The van der Waals surface area contributed by atoms with Crippen LogP contribution in [-0.2, 0) is 21.4 Å². The van der Waals surface area contributed by atoms with Crippen LogP contribution in [0.4, 0.5) is 11.4 Å². The number of hydrogen-bond acceptors (Lipinski definition) is 6. The molecular weight excluding hydrogens is 410 g/mol. The maximum atomic E-state index is 12.9. The van der Waals surface area contributed by atoms with Gasteiger partial charge in [0.15, 0.2) is 0 Å². The second-order valence-corrected chi connectivity index (χ2v) is 9.36. The third-order valence-corrected chi connectivity index (χ3v) is 7.15. The first-order valence-electron chi connectivity index (χ1n) is 9.70. The van der Waals surface area contributed by atoms with Gasteiger partial charge in [0.25, 0.3) is 0 Å². The van der Waals surface area contributed by atoms with Crippen LogP contribution < -0.4 is 5.32 Å². The lowest BCUT2D eigenvalue weighted by Crippen LogP contribution is -2.35. The van der Waals surface area contributed by atoms with Crippen LogP contribution >= 0.6 is 0 Å². The van der Waals surface area contributed by atoms with Crippen molar-refractivity contribution in [2.45, 2.75) is 51.5 Å². The largest absolute Gasteiger partial charge is 0.324 e. The molecule has 0 atom stereocenters. The second-order valence-electron chi connectivity index (χ2n) is 7.42. The van der Waals surface area contributed by atoms with Crippen molar-refractivity contribution in [3.05, 3.63) is 45.3 Å². The molecule has 1 aromatic heterocycles. The number of nitro groups is 1. The van der Waals surface area contributed by atoms with Crippen molar-refractivity contribution in [1.29, 1.82) is 0 Å². The number of anilines is 1. The van der Waals surface area contributed by atoms with Crippen LogP contribution in [-0.4, -0.2) is 46.4 Å². The molecule has 0 aliphatic carbocycles. The molecule has 0 radical (unpaired) electrons. The summed E-state index contributed by atoms with van der Waals surface area (Å²) in [5.74, 6) is -0.453. The molecule has 11 heteroatoms. The number of aromatic nitrogens is 2. The SMILES string of the molecule is Cc1ccc(S(=O)(=O)N2CCCCC2)cc1NC(=O)Cn1nc(C)c([N+](=O)[O-])c1C. The summed E-state index contributed by atoms with van der Waals surface area (Å²) in [6, 6.07) is 4.65. The first-order chi connectivity index (χ1) is 14.1. The van der Waals surface area contributed by atoms with E-state index in [4.69, 9.17) is 0 Å². The van der Waals surface area contributed by atoms with Crippen molar-refractivity contribution in [1.82, 2.24) is 14.1 Å². The summed E-state index contributed by atoms with van der Waals surface area (Å²) in [6.07, 6.45) is 2.69. The zero-order chi connectivity index (χ0) is 22.1. The van der Waals surface area contributed by atoms with Gasteiger partial charge in [0.2, 0.25) is 15.9 Å². The Hall–Kier alpha value is -2.79. The van der Waals surface area contributed by atoms with Gasteiger partial charge in [-0.15, -0.1) is 0 Å². The standard InChI is InChI=1S/C19H25N5O5S/c1-13-7-8-16(30(28,29)22-9-5-4-6-10-22)11-17(13)20-18(25)12-23-15(3)19(24(26)27)14(2)21-23/h7-8,11H,4-6,9-10,12H2,1-3H3,(H,20,25). The first kappa shape index (κ1) is 21.9. The average Bonchev–Trinajstić information content (AvgIpc) is 2.97. The van der Waals surface area contributed by atoms with Crippen LogP contribution in [0.2, 0.25) is 0 Å². The number of nitrogens with zero attached hydrogens (tertiary/aromatic N) is 4. The van der Waals surface area contributed by atoms with Crippen molar-refractivity contribution >= 4 is 27.3 Å². The lowest BCUT2D eigenvalue weighted by atomic mass is 10.2. The fourth-order valence-electron chi connectivity index (χ4n) is 3.58. The number of carbonyl (C=O) groups is 1. The molecule has 1 amide bonds. The minimum absolute atomic E-state index is 0.117. The highest BCUT2D eigenvalue weighted by molar-refractivity contribution is 7.89. The van der Waals surface area contributed by atoms with Gasteiger partial charge in [-0.1, -0.05) is 12.5 Å². The smallest absolute Gasteiger partial charge is 0.312 e. The Morgan fingerprint density at radius 1 is 1.20 bits per heavy atom. The van der Waals surface area contributed by atoms with Gasteiger partial charge in [-0.05, 0) is 51.3 Å². The lowest BCUT2D eigenvalue weighted by molar-refractivity contribution is -0.386. The van der Waals surface area contributed by atoms with Gasteiger partial charge >= 0.3 is 5.69 Å². The molecule has 1 aliphatic heterocycles. The topological polar surface area (TPSA) is 127 Å². The Balaban J connectivity index is 1.80. The zero-order valence-corrected chi connectivity index (χ0v) is 18.0. The van der Waals surface area contributed by atoms with E-state index < -0.39 is 20.9 Å². The Morgan fingerprint density at radius 2 is 1.87 bits per heavy atom. The molecule has 2 heterocycles. The van der Waals surface area contributed by atoms with Gasteiger partial charge in [0.05, 0.1) is 9.82 Å². The summed E-state index contributed by atoms with van der Waals surface area (Å²) < 4.78 is 28.6. The highest BCUT2D eigenvalue weighted by Gasteiger charge is 2.27. The van der Waals surface area contributed by atoms with E-state index >= 15 is 0 Å². The van der Waals surface area contributed by atoms with Crippen LogP contribution in [0.1, 0.15) is 36.2 Å². The van der Waals surface area contributed by atoms with Crippen LogP contribution in [0, 0.1) is 30.9 Å². The van der Waals surface area contributed by atoms with Crippen LogP contribution in [0.5, 0.6) is 0 Å². The molecule has 10 nitrogen and oxygen atoms in total. The third kappa shape index (κ3) is 4.36. The molecule has 1 saturated heterocycles. The molecule has 3 rings (SSSR count). The maximum absolute atomic E-state index is 12.9. The molecule has 30 heavy (non-hydrogen) atoms. The van der Waals surface area contributed by atoms with Crippen molar-refractivity contribution in [3.63, 3.8) is 0 Å². The summed E-state index contributed by atoms with van der Waals surface area (Å²) >= 11 is 0. The molecule has 162 valence electrons. The van der Waals surface area contributed by atoms with Gasteiger partial charge in [-0.3, -0.25) is 19.6 Å². The molecule has 0 saturated carbocycles. The predicted octanol–water partition coefficient (Wildman–Crippen LogP) is 2.53. The van der Waals surface area contributed by atoms with Crippen molar-refractivity contribution in [2.24, 2.45) is 0 Å². The van der Waals surface area contributed by atoms with E-state index in [0.717, 1.165) is 19.3 Å². The van der Waals surface area contributed by atoms with Gasteiger partial charge in [-0.25, -0.2) is 8.42 Å². The number of piperidine rings is 1. The maximum Gasteiger partial charge on any atom is 0.312 e. The van der Waals surface area contributed by atoms with Crippen molar-refractivity contribution < 1.29 is 18.1 Å². The van der Waals surface area contributed by atoms with E-state index in [1.807, 2.05) is 0 Å². The van der Waals surface area contributed by atoms with Crippen LogP contribution in [0.25, 0.3) is 0 Å². The Bertz CT molecular complexity index is 1090. The van der Waals surface area contributed by atoms with Gasteiger partial charge in [0, 0.05) is 18.8 Å². The summed E-state index contributed by atoms with van der Waals surface area (Å²) in [5.41, 5.74) is 1.49. The van der Waals surface area contributed by atoms with E-state index in [0.29, 0.717) is 24.3 Å². The summed E-state index contributed by atoms with van der Waals surface area (Å²) in [6.45, 7) is 5.58. The number of aryl methyl sites for hydroxylation is 2. The van der Waals surface area contributed by atoms with E-state index in [-0.39, 0.29) is 28.5 Å². The molecule has 0 bridgehead atoms. The quantitative estimate of drug-likeness (QED) is 0.549. The fraction of sp³-hybridized carbons (Fsp3) is 0.474. The number of amides is 1. The van der Waals surface area contributed by atoms with Crippen LogP contribution in [0.15, 0.2) is 23.1 Å². The van der Waals surface area contributed by atoms with Gasteiger partial charge in [-0.2, -0.15) is 9.40 Å². The Kier molecular flexibility index (Phi) is 6.22. The van der Waals surface area contributed by atoms with E-state index in [1.54, 1.807) is 19.1 Å². The molecule has 1 aliphatic rings. The second kappa shape index (κ2) is 8.52. The number of rotatable bonds is 6. The van der Waals surface area contributed by atoms with Crippen LogP contribution in [0.3, 0.4) is 0 Å². The Labute approximate surface area is 175 Å². The number of carbonyl (C=O) groups excluding carboxylic acids is 1. The molecule has 0 spiro atoms. The average molecular weight is 436 g/mol. The van der Waals surface area contributed by atoms with E-state index in [9.17, 15) is 23.3 Å². The van der Waals surface area contributed by atoms with Crippen molar-refractivity contribution in [2.75, 3.05) is 18.4 Å². The fourth-order valence-corrected chi connectivity index (χ4v) is 5.13. The third-order valence-electron chi connectivity index (χ3n) is 5.26. The van der Waals surface area contributed by atoms with Crippen molar-refractivity contribution in [3.8, 4) is 0 Å². The number of sulfonamides is 1. The number of hydrogen-bond donors (Lipinski definition) is 1. The Morgan fingerprint density at radius 3 is 2.47 bits per heavy atom. The molecule has 1 N–H and O–H groups in total. The number of nitrogens with one attached hydrogen (secondary N) is 1. The highest BCUT2D eigenvalue weighted by Crippen LogP contribution is 2.26. The van der Waals surface area contributed by atoms with Gasteiger partial charge < -0.3 is 5.32 Å². The van der Waals surface area contributed by atoms with E-state index in [2.05, 4.69) is 10.4 Å². The molecule has 0 unspecified atom stereocenters. The molecule has 1 fully saturated rings. The summed E-state index contributed by atoms with van der Waals surface area (Å²) in [5, 5.41) is 17.9. The molecule has 2 aromatic rings. The van der Waals surface area contributed by atoms with E-state index in [1.165, 1.54) is 28.9 Å². The lowest BCUT2D eigenvalue weighted by Gasteiger charge is -2.26. The minimum atomic E-state index is -3.62. The zero-order valence-electron chi connectivity index (χ0n) is 17.2. The highest BCUT2D eigenvalue weighted by atomic mass is 32.2. The normalized spacial score (nSPS) is 15.2. The molecule has 1 aromatic carbocycles. The number of benzene rings is 1. The predicted molar refractivity (Wildman–Crippen MR) is 111 cm³/mol. The first-order valence-corrected chi connectivity index (χ1v) is 11.1. The molecular formula is C19H25N5O5S. The summed E-state index contributed by atoms with van der Waals surface area (Å²) in [7, 11) is -3.62.